The van der Waals surface area contributed by atoms with Gasteiger partial charge in [-0.3, -0.25) is 0 Å². The lowest BCUT2D eigenvalue weighted by Gasteiger charge is -2.15. The SMILES string of the molecule is Cc1ncsc1C(C)Nc1ccc(SC2CCCC2)cc1. The van der Waals surface area contributed by atoms with Crippen molar-refractivity contribution in [3.8, 4) is 0 Å². The zero-order valence-electron chi connectivity index (χ0n) is 12.6. The third-order valence-electron chi connectivity index (χ3n) is 4.02. The second-order valence-electron chi connectivity index (χ2n) is 5.72. The summed E-state index contributed by atoms with van der Waals surface area (Å²) in [5, 5.41) is 4.40. The van der Waals surface area contributed by atoms with E-state index in [1.54, 1.807) is 11.3 Å². The number of nitrogens with zero attached hydrogens (tertiary/aromatic N) is 1. The van der Waals surface area contributed by atoms with Gasteiger partial charge in [-0.1, -0.05) is 12.8 Å². The first-order valence-electron chi connectivity index (χ1n) is 7.65. The maximum Gasteiger partial charge on any atom is 0.0798 e. The van der Waals surface area contributed by atoms with E-state index >= 15 is 0 Å². The van der Waals surface area contributed by atoms with E-state index in [1.807, 2.05) is 17.3 Å². The summed E-state index contributed by atoms with van der Waals surface area (Å²) < 4.78 is 0. The lowest BCUT2D eigenvalue weighted by Crippen LogP contribution is -2.06. The zero-order chi connectivity index (χ0) is 14.7. The van der Waals surface area contributed by atoms with E-state index in [-0.39, 0.29) is 0 Å². The molecule has 1 N–H and O–H groups in total. The van der Waals surface area contributed by atoms with Crippen LogP contribution in [0.1, 0.15) is 49.2 Å². The minimum atomic E-state index is 0.311. The van der Waals surface area contributed by atoms with Gasteiger partial charge < -0.3 is 5.32 Å². The largest absolute Gasteiger partial charge is 0.378 e. The molecule has 0 spiro atoms. The summed E-state index contributed by atoms with van der Waals surface area (Å²) in [4.78, 5) is 7.04. The molecule has 0 bridgehead atoms. The fraction of sp³-hybridized carbons (Fsp3) is 0.471. The molecule has 1 aliphatic carbocycles. The van der Waals surface area contributed by atoms with Crippen LogP contribution in [0.4, 0.5) is 5.69 Å². The Morgan fingerprint density at radius 1 is 1.24 bits per heavy atom. The van der Waals surface area contributed by atoms with Crippen LogP contribution in [0.3, 0.4) is 0 Å². The van der Waals surface area contributed by atoms with Gasteiger partial charge >= 0.3 is 0 Å². The van der Waals surface area contributed by atoms with Gasteiger partial charge in [0.05, 0.1) is 17.2 Å². The van der Waals surface area contributed by atoms with Crippen molar-refractivity contribution in [3.63, 3.8) is 0 Å². The Balaban J connectivity index is 1.60. The summed E-state index contributed by atoms with van der Waals surface area (Å²) in [5.41, 5.74) is 4.24. The summed E-state index contributed by atoms with van der Waals surface area (Å²) in [6.45, 7) is 4.27. The Hall–Kier alpha value is -1.00. The standard InChI is InChI=1S/C17H22N2S2/c1-12-17(20-11-18-12)13(2)19-14-7-9-16(10-8-14)21-15-5-3-4-6-15/h7-11,13,15,19H,3-6H2,1-2H3. The fourth-order valence-electron chi connectivity index (χ4n) is 2.87. The highest BCUT2D eigenvalue weighted by atomic mass is 32.2. The molecular weight excluding hydrogens is 296 g/mol. The van der Waals surface area contributed by atoms with Gasteiger partial charge in [0.2, 0.25) is 0 Å². The number of hydrogen-bond acceptors (Lipinski definition) is 4. The van der Waals surface area contributed by atoms with Gasteiger partial charge in [0.1, 0.15) is 0 Å². The second-order valence-corrected chi connectivity index (χ2v) is 7.98. The van der Waals surface area contributed by atoms with Crippen molar-refractivity contribution in [3.05, 3.63) is 40.3 Å². The first kappa shape index (κ1) is 14.9. The van der Waals surface area contributed by atoms with Crippen molar-refractivity contribution in [2.24, 2.45) is 0 Å². The first-order valence-corrected chi connectivity index (χ1v) is 9.41. The Morgan fingerprint density at radius 2 is 1.95 bits per heavy atom. The van der Waals surface area contributed by atoms with Crippen molar-refractivity contribution in [2.45, 2.75) is 55.7 Å². The molecule has 112 valence electrons. The molecule has 0 radical (unpaired) electrons. The van der Waals surface area contributed by atoms with Crippen molar-refractivity contribution >= 4 is 28.8 Å². The Labute approximate surface area is 135 Å². The summed E-state index contributed by atoms with van der Waals surface area (Å²) >= 11 is 3.77. The number of aromatic nitrogens is 1. The van der Waals surface area contributed by atoms with E-state index < -0.39 is 0 Å². The van der Waals surface area contributed by atoms with Crippen molar-refractivity contribution in [1.29, 1.82) is 0 Å². The smallest absolute Gasteiger partial charge is 0.0798 e. The Kier molecular flexibility index (Phi) is 4.86. The van der Waals surface area contributed by atoms with Crippen LogP contribution in [-0.4, -0.2) is 10.2 Å². The number of nitrogens with one attached hydrogen (secondary N) is 1. The van der Waals surface area contributed by atoms with E-state index in [0.29, 0.717) is 6.04 Å². The third kappa shape index (κ3) is 3.80. The molecule has 1 saturated carbocycles. The molecule has 1 atom stereocenters. The maximum absolute atomic E-state index is 4.33. The molecule has 4 heteroatoms. The first-order chi connectivity index (χ1) is 10.2. The van der Waals surface area contributed by atoms with Crippen LogP contribution in [0.15, 0.2) is 34.7 Å². The third-order valence-corrected chi connectivity index (χ3v) is 6.48. The molecule has 21 heavy (non-hydrogen) atoms. The van der Waals surface area contributed by atoms with Crippen LogP contribution < -0.4 is 5.32 Å². The Morgan fingerprint density at radius 3 is 2.57 bits per heavy atom. The number of thiazole rings is 1. The highest BCUT2D eigenvalue weighted by Gasteiger charge is 2.16. The maximum atomic E-state index is 4.33. The van der Waals surface area contributed by atoms with E-state index in [2.05, 4.69) is 48.4 Å². The van der Waals surface area contributed by atoms with Crippen molar-refractivity contribution < 1.29 is 0 Å². The molecule has 0 saturated heterocycles. The molecule has 1 aromatic carbocycles. The number of thioether (sulfide) groups is 1. The summed E-state index contributed by atoms with van der Waals surface area (Å²) in [6.07, 6.45) is 5.57. The van der Waals surface area contributed by atoms with Crippen LogP contribution in [0.2, 0.25) is 0 Å². The van der Waals surface area contributed by atoms with Crippen LogP contribution in [0, 0.1) is 6.92 Å². The topological polar surface area (TPSA) is 24.9 Å². The average molecular weight is 319 g/mol. The molecule has 2 aromatic rings. The second kappa shape index (κ2) is 6.84. The predicted molar refractivity (Wildman–Crippen MR) is 93.4 cm³/mol. The molecular formula is C17H22N2S2. The van der Waals surface area contributed by atoms with E-state index in [4.69, 9.17) is 0 Å². The highest BCUT2D eigenvalue weighted by Crippen LogP contribution is 2.35. The zero-order valence-corrected chi connectivity index (χ0v) is 14.3. The number of aryl methyl sites for hydroxylation is 1. The molecule has 1 fully saturated rings. The van der Waals surface area contributed by atoms with Gasteiger partial charge in [-0.15, -0.1) is 23.1 Å². The van der Waals surface area contributed by atoms with Gasteiger partial charge in [0, 0.05) is 20.7 Å². The number of benzene rings is 1. The normalized spacial score (nSPS) is 17.0. The molecule has 2 nitrogen and oxygen atoms in total. The van der Waals surface area contributed by atoms with E-state index in [9.17, 15) is 0 Å². The van der Waals surface area contributed by atoms with Crippen molar-refractivity contribution in [1.82, 2.24) is 4.98 Å². The quantitative estimate of drug-likeness (QED) is 0.770. The highest BCUT2D eigenvalue weighted by molar-refractivity contribution is 8.00. The molecule has 1 aromatic heterocycles. The molecule has 3 rings (SSSR count). The van der Waals surface area contributed by atoms with Crippen LogP contribution in [-0.2, 0) is 0 Å². The van der Waals surface area contributed by atoms with Gasteiger partial charge in [-0.05, 0) is 51.0 Å². The lowest BCUT2D eigenvalue weighted by atomic mass is 10.2. The lowest BCUT2D eigenvalue weighted by molar-refractivity contribution is 0.886. The number of rotatable bonds is 5. The molecule has 1 heterocycles. The fourth-order valence-corrected chi connectivity index (χ4v) is 4.93. The molecule has 0 aliphatic heterocycles. The Bertz CT molecular complexity index is 571. The number of anilines is 1. The summed E-state index contributed by atoms with van der Waals surface area (Å²) in [7, 11) is 0. The van der Waals surface area contributed by atoms with Gasteiger partial charge in [-0.25, -0.2) is 4.98 Å². The molecule has 1 aliphatic rings. The minimum absolute atomic E-state index is 0.311. The van der Waals surface area contributed by atoms with Gasteiger partial charge in [0.15, 0.2) is 0 Å². The van der Waals surface area contributed by atoms with E-state index in [1.165, 1.54) is 41.1 Å². The van der Waals surface area contributed by atoms with Crippen molar-refractivity contribution in [2.75, 3.05) is 5.32 Å². The summed E-state index contributed by atoms with van der Waals surface area (Å²) in [6, 6.07) is 9.20. The molecule has 1 unspecified atom stereocenters. The monoisotopic (exact) mass is 318 g/mol. The minimum Gasteiger partial charge on any atom is -0.378 e. The average Bonchev–Trinajstić information content (AvgIpc) is 3.12. The van der Waals surface area contributed by atoms with Gasteiger partial charge in [-0.2, -0.15) is 0 Å². The molecule has 0 amide bonds. The predicted octanol–water partition coefficient (Wildman–Crippen LogP) is 5.66. The van der Waals surface area contributed by atoms with Crippen LogP contribution >= 0.6 is 23.1 Å². The van der Waals surface area contributed by atoms with Crippen LogP contribution in [0.25, 0.3) is 0 Å². The number of hydrogen-bond donors (Lipinski definition) is 1. The van der Waals surface area contributed by atoms with E-state index in [0.717, 1.165) is 10.9 Å². The summed E-state index contributed by atoms with van der Waals surface area (Å²) in [5.74, 6) is 0. The van der Waals surface area contributed by atoms with Crippen LogP contribution in [0.5, 0.6) is 0 Å². The van der Waals surface area contributed by atoms with Gasteiger partial charge in [0.25, 0.3) is 0 Å².